The standard InChI is InChI=1S/C18H31NO9PS.Tl/c20-11-13-25-14-15-27-29(24,30)26-12-7-5-3-1-2-4-6-8-18(23)28-19-16(21)9-10-17(19)22;/h1-15H2,(H,24,30);/q-1;+1. The molecule has 1 unspecified atom stereocenters. The first-order valence-electron chi connectivity index (χ1n) is 10.4. The number of hydrogen-bond donors (Lipinski definition) is 1. The number of nitrogens with zero attached hydrogens (tertiary/aromatic N) is 1. The molecule has 31 heavy (non-hydrogen) atoms. The average Bonchev–Trinajstić information content (AvgIpc) is 3.04. The summed E-state index contributed by atoms with van der Waals surface area (Å²) in [7, 11) is 0. The topological polar surface area (TPSA) is 121 Å². The van der Waals surface area contributed by atoms with E-state index in [-0.39, 0.29) is 25.9 Å². The zero-order chi connectivity index (χ0) is 23.0. The first-order valence-corrected chi connectivity index (χ1v) is 14.9. The van der Waals surface area contributed by atoms with Gasteiger partial charge in [-0.05, 0) is 6.42 Å². The van der Waals surface area contributed by atoms with Crippen LogP contribution in [0.2, 0.25) is 0 Å². The summed E-state index contributed by atoms with van der Waals surface area (Å²) >= 11 is 5.44. The van der Waals surface area contributed by atoms with Crippen molar-refractivity contribution >= 4 is 62.5 Å². The Kier molecular flexibility index (Phi) is 16.3. The Morgan fingerprint density at radius 3 is 2.10 bits per heavy atom. The summed E-state index contributed by atoms with van der Waals surface area (Å²) < 4.78 is 20.7. The van der Waals surface area contributed by atoms with Gasteiger partial charge in [0.1, 0.15) is 0 Å². The van der Waals surface area contributed by atoms with E-state index in [1.54, 1.807) is 0 Å². The van der Waals surface area contributed by atoms with Crippen LogP contribution in [-0.2, 0) is 47.5 Å². The monoisotopic (exact) mass is 673 g/mol. The van der Waals surface area contributed by atoms with E-state index >= 15 is 0 Å². The van der Waals surface area contributed by atoms with Crippen molar-refractivity contribution < 1.29 is 40.6 Å². The Balaban J connectivity index is 1.90. The fraction of sp³-hybridized carbons (Fsp3) is 0.833. The number of carbonyl (C=O) groups excluding carboxylic acids is 3. The van der Waals surface area contributed by atoms with Gasteiger partial charge in [-0.15, -0.1) is 5.06 Å². The molecule has 0 spiro atoms. The zero-order valence-corrected chi connectivity index (χ0v) is 23.9. The molecule has 1 N–H and O–H groups in total. The Morgan fingerprint density at radius 1 is 0.903 bits per heavy atom. The molecule has 1 atom stereocenters. The van der Waals surface area contributed by atoms with Crippen LogP contribution in [0, 0.1) is 0 Å². The third kappa shape index (κ3) is 14.7. The van der Waals surface area contributed by atoms with Crippen molar-refractivity contribution in [3.05, 3.63) is 0 Å². The van der Waals surface area contributed by atoms with Gasteiger partial charge in [-0.2, -0.15) is 0 Å². The van der Waals surface area contributed by atoms with Crippen molar-refractivity contribution in [1.82, 2.24) is 5.06 Å². The van der Waals surface area contributed by atoms with Gasteiger partial charge < -0.3 is 4.84 Å². The van der Waals surface area contributed by atoms with Gasteiger partial charge in [0.15, 0.2) is 0 Å². The smallest absolute Gasteiger partial charge is 0.264 e. The fourth-order valence-electron chi connectivity index (χ4n) is 2.70. The minimum atomic E-state index is -3.21. The molecule has 2 amide bonds. The molecular formula is C18H31NO9PSTl. The molecule has 0 saturated carbocycles. The molecule has 0 aliphatic carbocycles. The summed E-state index contributed by atoms with van der Waals surface area (Å²) in [4.78, 5) is 49.2. The number of ether oxygens (including phenoxy) is 1. The predicted molar refractivity (Wildman–Crippen MR) is 115 cm³/mol. The Labute approximate surface area is 204 Å². The fourth-order valence-corrected chi connectivity index (χ4v) is 4.26. The molecule has 1 aliphatic rings. The van der Waals surface area contributed by atoms with Crippen LogP contribution in [-0.4, -0.2) is 87.0 Å². The van der Waals surface area contributed by atoms with Gasteiger partial charge in [-0.25, -0.2) is 4.79 Å². The van der Waals surface area contributed by atoms with Gasteiger partial charge in [0, 0.05) is 19.3 Å². The van der Waals surface area contributed by atoms with Gasteiger partial charge >= 0.3 is 118 Å². The van der Waals surface area contributed by atoms with E-state index in [0.29, 0.717) is 64.1 Å². The predicted octanol–water partition coefficient (Wildman–Crippen LogP) is 2.08. The number of imide groups is 1. The summed E-state index contributed by atoms with van der Waals surface area (Å²) in [6.07, 6.45) is 6.64. The third-order valence-corrected chi connectivity index (χ3v) is 6.87. The number of rotatable bonds is 19. The van der Waals surface area contributed by atoms with Crippen LogP contribution in [0.15, 0.2) is 0 Å². The van der Waals surface area contributed by atoms with Gasteiger partial charge in [-0.1, -0.05) is 25.7 Å². The molecule has 1 fully saturated rings. The second kappa shape index (κ2) is 17.5. The van der Waals surface area contributed by atoms with E-state index in [2.05, 4.69) is 0 Å². The van der Waals surface area contributed by atoms with Crippen LogP contribution in [0.5, 0.6) is 0 Å². The van der Waals surface area contributed by atoms with E-state index in [1.807, 2.05) is 0 Å². The molecular weight excluding hydrogens is 642 g/mol. The molecule has 13 heteroatoms. The minimum Gasteiger partial charge on any atom is -0.330 e. The van der Waals surface area contributed by atoms with Gasteiger partial charge in [0.05, 0.1) is 0 Å². The van der Waals surface area contributed by atoms with Crippen molar-refractivity contribution in [1.29, 1.82) is 0 Å². The van der Waals surface area contributed by atoms with Gasteiger partial charge in [0.2, 0.25) is 0 Å². The Morgan fingerprint density at radius 2 is 1.45 bits per heavy atom. The summed E-state index contributed by atoms with van der Waals surface area (Å²) in [6.45, 7) is -1.26. The second-order valence-electron chi connectivity index (χ2n) is 6.89. The van der Waals surface area contributed by atoms with E-state index in [0.717, 1.165) is 38.5 Å². The molecule has 0 radical (unpaired) electrons. The zero-order valence-electron chi connectivity index (χ0n) is 17.7. The largest absolute Gasteiger partial charge is 0.330 e. The minimum absolute atomic E-state index is 0.100. The maximum atomic E-state index is 11.7. The number of unbranched alkanes of at least 4 members (excludes halogenated alkanes) is 6. The molecule has 0 aromatic rings. The second-order valence-corrected chi connectivity index (χ2v) is 11.0. The van der Waals surface area contributed by atoms with Crippen LogP contribution < -0.4 is 0 Å². The van der Waals surface area contributed by atoms with E-state index < -0.39 is 24.5 Å². The molecule has 1 rings (SSSR count). The van der Waals surface area contributed by atoms with Gasteiger partial charge in [-0.3, -0.25) is 9.59 Å². The van der Waals surface area contributed by atoms with Crippen LogP contribution in [0.25, 0.3) is 0 Å². The van der Waals surface area contributed by atoms with Gasteiger partial charge in [0.25, 0.3) is 11.8 Å². The van der Waals surface area contributed by atoms with Crippen LogP contribution in [0.4, 0.5) is 0 Å². The number of amides is 2. The Bertz CT molecular complexity index is 595. The van der Waals surface area contributed by atoms with Crippen LogP contribution in [0.3, 0.4) is 0 Å². The maximum absolute atomic E-state index is 11.7. The average molecular weight is 673 g/mol. The molecule has 1 saturated heterocycles. The first-order chi connectivity index (χ1) is 14.9. The third-order valence-electron chi connectivity index (χ3n) is 4.31. The van der Waals surface area contributed by atoms with Crippen molar-refractivity contribution in [2.75, 3.05) is 33.0 Å². The molecule has 1 heterocycles. The maximum Gasteiger partial charge on any atom is 0.264 e. The van der Waals surface area contributed by atoms with Crippen LogP contribution in [0.1, 0.15) is 64.2 Å². The van der Waals surface area contributed by atoms with E-state index in [9.17, 15) is 19.3 Å². The molecule has 0 bridgehead atoms. The number of hydroxylamine groups is 2. The molecule has 0 aromatic carbocycles. The normalized spacial score (nSPS) is 15.9. The van der Waals surface area contributed by atoms with Crippen molar-refractivity contribution in [2.24, 2.45) is 0 Å². The van der Waals surface area contributed by atoms with Crippen molar-refractivity contribution in [3.63, 3.8) is 0 Å². The summed E-state index contributed by atoms with van der Waals surface area (Å²) in [6, 6.07) is 0. The summed E-state index contributed by atoms with van der Waals surface area (Å²) in [5, 5.41) is 0.583. The Hall–Kier alpha value is -0.0179. The van der Waals surface area contributed by atoms with E-state index in [4.69, 9.17) is 33.1 Å². The van der Waals surface area contributed by atoms with Crippen molar-refractivity contribution in [2.45, 2.75) is 64.2 Å². The first kappa shape index (κ1) is 29.0. The molecule has 176 valence electrons. The molecule has 0 aromatic heterocycles. The summed E-state index contributed by atoms with van der Waals surface area (Å²) in [5.74, 6) is -1.47. The van der Waals surface area contributed by atoms with Crippen molar-refractivity contribution in [3.8, 4) is 0 Å². The number of hydrogen-bond acceptors (Lipinski definition) is 9. The molecule has 1 aliphatic heterocycles. The SMILES string of the molecule is O=C(CCCCCCCCCOP(O)(=S)OCCOCC[O][Tl])ON1C(=O)CCC1=O. The summed E-state index contributed by atoms with van der Waals surface area (Å²) in [5.41, 5.74) is 0. The quantitative estimate of drug-likeness (QED) is 0.0946. The number of carbonyl (C=O) groups is 3. The van der Waals surface area contributed by atoms with Crippen LogP contribution >= 0.6 is 6.72 Å². The van der Waals surface area contributed by atoms with E-state index in [1.165, 1.54) is 0 Å². The molecule has 10 nitrogen and oxygen atoms in total.